The molecule has 4 nitrogen and oxygen atoms in total. The summed E-state index contributed by atoms with van der Waals surface area (Å²) in [6.07, 6.45) is 3.54. The van der Waals surface area contributed by atoms with Crippen LogP contribution in [0.1, 0.15) is 25.8 Å². The van der Waals surface area contributed by atoms with Crippen molar-refractivity contribution in [3.8, 4) is 17.1 Å². The number of fused-ring (bicyclic) bond motifs is 1. The van der Waals surface area contributed by atoms with E-state index < -0.39 is 0 Å². The van der Waals surface area contributed by atoms with Gasteiger partial charge in [0.15, 0.2) is 5.76 Å². The van der Waals surface area contributed by atoms with Gasteiger partial charge in [0.2, 0.25) is 0 Å². The topological polar surface area (TPSA) is 61.3 Å². The normalized spacial score (nSPS) is 17.0. The van der Waals surface area contributed by atoms with Crippen LogP contribution in [-0.4, -0.2) is 10.8 Å². The first kappa shape index (κ1) is 11.1. The maximum atomic E-state index is 5.94. The van der Waals surface area contributed by atoms with Gasteiger partial charge in [-0.15, -0.1) is 0 Å². The molecule has 0 aliphatic carbocycles. The number of anilines is 1. The van der Waals surface area contributed by atoms with Gasteiger partial charge in [-0.1, -0.05) is 5.16 Å². The van der Waals surface area contributed by atoms with Crippen molar-refractivity contribution in [1.82, 2.24) is 5.16 Å². The molecule has 0 radical (unpaired) electrons. The lowest BCUT2D eigenvalue weighted by Crippen LogP contribution is -2.32. The van der Waals surface area contributed by atoms with Crippen LogP contribution in [0.3, 0.4) is 0 Å². The van der Waals surface area contributed by atoms with Crippen LogP contribution >= 0.6 is 0 Å². The fraction of sp³-hybridized carbons (Fsp3) is 0.357. The molecule has 2 aromatic rings. The average Bonchev–Trinajstić information content (AvgIpc) is 2.74. The highest BCUT2D eigenvalue weighted by Crippen LogP contribution is 2.36. The van der Waals surface area contributed by atoms with Gasteiger partial charge in [-0.2, -0.15) is 0 Å². The predicted molar refractivity (Wildman–Crippen MR) is 69.4 cm³/mol. The van der Waals surface area contributed by atoms with Gasteiger partial charge < -0.3 is 15.0 Å². The van der Waals surface area contributed by atoms with Gasteiger partial charge in [0.1, 0.15) is 17.0 Å². The second-order valence-corrected chi connectivity index (χ2v) is 5.29. The molecule has 2 N–H and O–H groups in total. The van der Waals surface area contributed by atoms with Gasteiger partial charge in [0.25, 0.3) is 0 Å². The molecule has 1 aromatic heterocycles. The summed E-state index contributed by atoms with van der Waals surface area (Å²) in [7, 11) is 0. The number of hydrogen-bond donors (Lipinski definition) is 1. The van der Waals surface area contributed by atoms with Crippen molar-refractivity contribution in [3.05, 3.63) is 30.0 Å². The molecule has 0 saturated carbocycles. The van der Waals surface area contributed by atoms with Crippen LogP contribution in [-0.2, 0) is 6.42 Å². The van der Waals surface area contributed by atoms with E-state index in [9.17, 15) is 0 Å². The highest BCUT2D eigenvalue weighted by molar-refractivity contribution is 5.71. The molecule has 3 rings (SSSR count). The Balaban J connectivity index is 2.01. The first-order valence-corrected chi connectivity index (χ1v) is 6.08. The Morgan fingerprint density at radius 1 is 1.33 bits per heavy atom. The zero-order valence-electron chi connectivity index (χ0n) is 10.6. The average molecular weight is 244 g/mol. The molecule has 94 valence electrons. The lowest BCUT2D eigenvalue weighted by molar-refractivity contribution is 0.0847. The predicted octanol–water partition coefficient (Wildman–Crippen LogP) is 3.03. The molecule has 1 aromatic carbocycles. The van der Waals surface area contributed by atoms with E-state index in [1.807, 2.05) is 12.1 Å². The van der Waals surface area contributed by atoms with E-state index in [2.05, 4.69) is 25.1 Å². The Morgan fingerprint density at radius 3 is 2.89 bits per heavy atom. The number of nitrogens with zero attached hydrogens (tertiary/aromatic N) is 1. The smallest absolute Gasteiger partial charge is 0.189 e. The van der Waals surface area contributed by atoms with Gasteiger partial charge in [-0.05, 0) is 50.5 Å². The molecule has 0 spiro atoms. The minimum atomic E-state index is -0.0835. The fourth-order valence-corrected chi connectivity index (χ4v) is 2.27. The monoisotopic (exact) mass is 244 g/mol. The zero-order chi connectivity index (χ0) is 12.8. The highest BCUT2D eigenvalue weighted by atomic mass is 16.5. The van der Waals surface area contributed by atoms with Crippen molar-refractivity contribution >= 4 is 5.69 Å². The van der Waals surface area contributed by atoms with Crippen LogP contribution in [0.25, 0.3) is 11.3 Å². The van der Waals surface area contributed by atoms with E-state index in [-0.39, 0.29) is 5.60 Å². The van der Waals surface area contributed by atoms with Gasteiger partial charge in [0, 0.05) is 5.56 Å². The molecule has 4 heteroatoms. The van der Waals surface area contributed by atoms with Gasteiger partial charge in [0.05, 0.1) is 6.20 Å². The molecule has 0 amide bonds. The molecule has 0 unspecified atom stereocenters. The minimum absolute atomic E-state index is 0.0835. The highest BCUT2D eigenvalue weighted by Gasteiger charge is 2.26. The number of nitrogen functional groups attached to an aromatic ring is 1. The van der Waals surface area contributed by atoms with Crippen LogP contribution in [0.4, 0.5) is 5.69 Å². The Morgan fingerprint density at radius 2 is 2.17 bits per heavy atom. The Labute approximate surface area is 106 Å². The summed E-state index contributed by atoms with van der Waals surface area (Å²) in [5.74, 6) is 1.58. The van der Waals surface area contributed by atoms with Crippen molar-refractivity contribution in [2.75, 3.05) is 5.73 Å². The summed E-state index contributed by atoms with van der Waals surface area (Å²) in [6.45, 7) is 4.22. The summed E-state index contributed by atoms with van der Waals surface area (Å²) < 4.78 is 11.1. The molecular weight excluding hydrogens is 228 g/mol. The summed E-state index contributed by atoms with van der Waals surface area (Å²) in [6, 6.07) is 6.01. The second-order valence-electron chi connectivity index (χ2n) is 5.29. The van der Waals surface area contributed by atoms with Crippen LogP contribution in [0, 0.1) is 0 Å². The SMILES string of the molecule is CC1(C)CCc2cc(-c3oncc3N)ccc2O1. The van der Waals surface area contributed by atoms with E-state index in [0.717, 1.165) is 24.2 Å². The number of rotatable bonds is 1. The van der Waals surface area contributed by atoms with Crippen molar-refractivity contribution in [3.63, 3.8) is 0 Å². The van der Waals surface area contributed by atoms with Crippen LogP contribution in [0.15, 0.2) is 28.9 Å². The van der Waals surface area contributed by atoms with Gasteiger partial charge in [-0.3, -0.25) is 0 Å². The van der Waals surface area contributed by atoms with E-state index in [1.54, 1.807) is 0 Å². The third kappa shape index (κ3) is 1.83. The van der Waals surface area contributed by atoms with Crippen LogP contribution in [0.2, 0.25) is 0 Å². The van der Waals surface area contributed by atoms with E-state index >= 15 is 0 Å². The molecule has 0 fully saturated rings. The quantitative estimate of drug-likeness (QED) is 0.837. The van der Waals surface area contributed by atoms with Crippen molar-refractivity contribution in [2.45, 2.75) is 32.3 Å². The van der Waals surface area contributed by atoms with E-state index in [0.29, 0.717) is 11.4 Å². The standard InChI is InChI=1S/C14H16N2O2/c1-14(2)6-5-9-7-10(3-4-12(9)17-14)13-11(15)8-16-18-13/h3-4,7-8H,5-6,15H2,1-2H3. The molecule has 1 aliphatic heterocycles. The largest absolute Gasteiger partial charge is 0.488 e. The summed E-state index contributed by atoms with van der Waals surface area (Å²) >= 11 is 0. The van der Waals surface area contributed by atoms with E-state index in [4.69, 9.17) is 15.0 Å². The maximum Gasteiger partial charge on any atom is 0.189 e. The number of nitrogens with two attached hydrogens (primary N) is 1. The lowest BCUT2D eigenvalue weighted by Gasteiger charge is -2.32. The lowest BCUT2D eigenvalue weighted by atomic mass is 9.93. The maximum absolute atomic E-state index is 5.94. The summed E-state index contributed by atoms with van der Waals surface area (Å²) in [5.41, 5.74) is 8.43. The molecule has 18 heavy (non-hydrogen) atoms. The molecule has 0 atom stereocenters. The Bertz CT molecular complexity index is 587. The number of aromatic nitrogens is 1. The molecule has 1 aliphatic rings. The first-order chi connectivity index (χ1) is 8.55. The summed E-state index contributed by atoms with van der Waals surface area (Å²) in [5, 5.41) is 3.70. The van der Waals surface area contributed by atoms with Crippen molar-refractivity contribution in [1.29, 1.82) is 0 Å². The second kappa shape index (κ2) is 3.77. The Hall–Kier alpha value is -1.97. The third-order valence-electron chi connectivity index (χ3n) is 3.30. The third-order valence-corrected chi connectivity index (χ3v) is 3.30. The number of aryl methyl sites for hydroxylation is 1. The van der Waals surface area contributed by atoms with Crippen molar-refractivity contribution in [2.24, 2.45) is 0 Å². The minimum Gasteiger partial charge on any atom is -0.488 e. The van der Waals surface area contributed by atoms with Crippen molar-refractivity contribution < 1.29 is 9.26 Å². The van der Waals surface area contributed by atoms with Gasteiger partial charge >= 0.3 is 0 Å². The number of ether oxygens (including phenoxy) is 1. The first-order valence-electron chi connectivity index (χ1n) is 6.08. The molecular formula is C14H16N2O2. The van der Waals surface area contributed by atoms with Crippen LogP contribution in [0.5, 0.6) is 5.75 Å². The van der Waals surface area contributed by atoms with E-state index in [1.165, 1.54) is 11.8 Å². The Kier molecular flexibility index (Phi) is 2.33. The number of benzene rings is 1. The molecule has 2 heterocycles. The van der Waals surface area contributed by atoms with Crippen LogP contribution < -0.4 is 10.5 Å². The number of hydrogen-bond acceptors (Lipinski definition) is 4. The summed E-state index contributed by atoms with van der Waals surface area (Å²) in [4.78, 5) is 0. The molecule has 0 bridgehead atoms. The van der Waals surface area contributed by atoms with Gasteiger partial charge in [-0.25, -0.2) is 0 Å². The molecule has 0 saturated heterocycles. The fourth-order valence-electron chi connectivity index (χ4n) is 2.27. The zero-order valence-corrected chi connectivity index (χ0v) is 10.6.